The maximum absolute atomic E-state index is 12.7. The van der Waals surface area contributed by atoms with Gasteiger partial charge in [0.25, 0.3) is 0 Å². The van der Waals surface area contributed by atoms with Gasteiger partial charge in [0.2, 0.25) is 6.10 Å². The molecule has 8 heteroatoms. The van der Waals surface area contributed by atoms with Crippen LogP contribution >= 0.6 is 23.2 Å². The zero-order chi connectivity index (χ0) is 22.8. The van der Waals surface area contributed by atoms with Gasteiger partial charge in [0.1, 0.15) is 11.6 Å². The summed E-state index contributed by atoms with van der Waals surface area (Å²) >= 11 is 11.9. The topological polar surface area (TPSA) is 91.0 Å². The first-order valence-corrected chi connectivity index (χ1v) is 10.7. The quantitative estimate of drug-likeness (QED) is 0.227. The summed E-state index contributed by atoms with van der Waals surface area (Å²) in [4.78, 5) is 29.6. The van der Waals surface area contributed by atoms with Crippen molar-refractivity contribution in [2.75, 3.05) is 6.61 Å². The van der Waals surface area contributed by atoms with E-state index in [1.54, 1.807) is 31.2 Å². The predicted molar refractivity (Wildman–Crippen MR) is 122 cm³/mol. The van der Waals surface area contributed by atoms with E-state index in [1.165, 1.54) is 6.92 Å². The molecule has 0 saturated carbocycles. The smallest absolute Gasteiger partial charge is 0.349 e. The fourth-order valence-electron chi connectivity index (χ4n) is 2.88. The molecule has 0 spiro atoms. The molecular formula is C23H26Cl2N2O4. The summed E-state index contributed by atoms with van der Waals surface area (Å²) in [6.45, 7) is 3.47. The number of amidine groups is 1. The van der Waals surface area contributed by atoms with Gasteiger partial charge in [-0.05, 0) is 55.7 Å². The SMILES string of the molecule is CCOC(=O)[C@@H](C)O/N=C(\N)[C@@H](CC(=O)Cc1ccc(Cl)cc1)Cc1ccc(Cl)cc1. The van der Waals surface area contributed by atoms with Gasteiger partial charge in [0, 0.05) is 28.8 Å². The number of ketones is 1. The van der Waals surface area contributed by atoms with Crippen molar-refractivity contribution in [1.82, 2.24) is 0 Å². The van der Waals surface area contributed by atoms with Crippen LogP contribution in [-0.2, 0) is 32.0 Å². The highest BCUT2D eigenvalue weighted by Crippen LogP contribution is 2.18. The summed E-state index contributed by atoms with van der Waals surface area (Å²) in [6, 6.07) is 14.4. The second kappa shape index (κ2) is 12.3. The summed E-state index contributed by atoms with van der Waals surface area (Å²) in [6.07, 6.45) is -0.0190. The average molecular weight is 465 g/mol. The number of hydrogen-bond acceptors (Lipinski definition) is 5. The molecule has 0 aliphatic rings. The molecule has 0 radical (unpaired) electrons. The van der Waals surface area contributed by atoms with Gasteiger partial charge in [0.05, 0.1) is 6.61 Å². The predicted octanol–water partition coefficient (Wildman–Crippen LogP) is 4.59. The first-order chi connectivity index (χ1) is 14.8. The standard InChI is InChI=1S/C23H26Cl2N2O4/c1-3-30-23(29)15(2)31-27-22(26)18(12-16-4-8-19(24)9-5-16)14-21(28)13-17-6-10-20(25)11-7-17/h4-11,15,18H,3,12-14H2,1-2H3,(H2,26,27)/t15-,18-/m1/s1. The fraction of sp³-hybridized carbons (Fsp3) is 0.348. The molecule has 0 bridgehead atoms. The van der Waals surface area contributed by atoms with E-state index >= 15 is 0 Å². The summed E-state index contributed by atoms with van der Waals surface area (Å²) < 4.78 is 4.89. The number of carbonyl (C=O) groups excluding carboxylic acids is 2. The van der Waals surface area contributed by atoms with Gasteiger partial charge in [-0.2, -0.15) is 0 Å². The molecule has 0 heterocycles. The lowest BCUT2D eigenvalue weighted by Gasteiger charge is -2.17. The van der Waals surface area contributed by atoms with Crippen molar-refractivity contribution in [1.29, 1.82) is 0 Å². The number of ether oxygens (including phenoxy) is 1. The van der Waals surface area contributed by atoms with Crippen molar-refractivity contribution in [3.63, 3.8) is 0 Å². The Morgan fingerprint density at radius 1 is 1.00 bits per heavy atom. The van der Waals surface area contributed by atoms with Crippen LogP contribution in [0.3, 0.4) is 0 Å². The normalized spacial score (nSPS) is 13.4. The van der Waals surface area contributed by atoms with E-state index in [9.17, 15) is 9.59 Å². The number of rotatable bonds is 11. The van der Waals surface area contributed by atoms with Gasteiger partial charge in [-0.15, -0.1) is 0 Å². The van der Waals surface area contributed by atoms with Crippen molar-refractivity contribution in [2.45, 2.75) is 39.2 Å². The van der Waals surface area contributed by atoms with E-state index in [2.05, 4.69) is 5.16 Å². The van der Waals surface area contributed by atoms with E-state index in [0.717, 1.165) is 11.1 Å². The zero-order valence-corrected chi connectivity index (χ0v) is 19.0. The minimum absolute atomic E-state index is 0.00197. The van der Waals surface area contributed by atoms with Crippen LogP contribution in [0.4, 0.5) is 0 Å². The molecule has 0 aliphatic heterocycles. The molecule has 2 N–H and O–H groups in total. The summed E-state index contributed by atoms with van der Waals surface area (Å²) in [7, 11) is 0. The third-order valence-corrected chi connectivity index (χ3v) is 5.04. The Balaban J connectivity index is 2.11. The van der Waals surface area contributed by atoms with E-state index < -0.39 is 18.0 Å². The Hall–Kier alpha value is -2.57. The first-order valence-electron chi connectivity index (χ1n) is 9.94. The molecule has 0 amide bonds. The Morgan fingerprint density at radius 3 is 2.10 bits per heavy atom. The van der Waals surface area contributed by atoms with Crippen LogP contribution < -0.4 is 5.73 Å². The molecule has 0 fully saturated rings. The van der Waals surface area contributed by atoms with Crippen molar-refractivity contribution in [3.8, 4) is 0 Å². The largest absolute Gasteiger partial charge is 0.463 e. The van der Waals surface area contributed by atoms with Crippen LogP contribution in [0.25, 0.3) is 0 Å². The monoisotopic (exact) mass is 464 g/mol. The van der Waals surface area contributed by atoms with Crippen LogP contribution in [0.2, 0.25) is 10.0 Å². The number of Topliss-reactive ketones (excluding diaryl/α,β-unsaturated/α-hetero) is 1. The number of benzene rings is 2. The molecule has 0 aromatic heterocycles. The average Bonchev–Trinajstić information content (AvgIpc) is 2.74. The third-order valence-electron chi connectivity index (χ3n) is 4.54. The number of nitrogens with zero attached hydrogens (tertiary/aromatic N) is 1. The van der Waals surface area contributed by atoms with Crippen molar-refractivity contribution < 1.29 is 19.2 Å². The number of halogens is 2. The highest BCUT2D eigenvalue weighted by molar-refractivity contribution is 6.30. The summed E-state index contributed by atoms with van der Waals surface area (Å²) in [5.41, 5.74) is 7.97. The molecule has 2 rings (SSSR count). The maximum Gasteiger partial charge on any atom is 0.349 e. The molecule has 0 unspecified atom stereocenters. The number of nitrogens with two attached hydrogens (primary N) is 1. The van der Waals surface area contributed by atoms with Crippen LogP contribution in [0.15, 0.2) is 53.7 Å². The second-order valence-electron chi connectivity index (χ2n) is 7.09. The molecular weight excluding hydrogens is 439 g/mol. The lowest BCUT2D eigenvalue weighted by atomic mass is 9.91. The Labute approximate surface area is 192 Å². The van der Waals surface area contributed by atoms with Gasteiger partial charge in [-0.25, -0.2) is 4.79 Å². The molecule has 0 aliphatic carbocycles. The van der Waals surface area contributed by atoms with Crippen molar-refractivity contribution >= 4 is 40.8 Å². The second-order valence-corrected chi connectivity index (χ2v) is 7.96. The fourth-order valence-corrected chi connectivity index (χ4v) is 3.13. The highest BCUT2D eigenvalue weighted by atomic mass is 35.5. The van der Waals surface area contributed by atoms with Gasteiger partial charge >= 0.3 is 5.97 Å². The minimum Gasteiger partial charge on any atom is -0.463 e. The molecule has 6 nitrogen and oxygen atoms in total. The van der Waals surface area contributed by atoms with E-state index in [-0.39, 0.29) is 31.1 Å². The van der Waals surface area contributed by atoms with Gasteiger partial charge < -0.3 is 15.3 Å². The van der Waals surface area contributed by atoms with Crippen LogP contribution in [0, 0.1) is 5.92 Å². The number of carbonyl (C=O) groups is 2. The van der Waals surface area contributed by atoms with Gasteiger partial charge in [-0.3, -0.25) is 4.79 Å². The Bertz CT molecular complexity index is 899. The van der Waals surface area contributed by atoms with E-state index in [1.807, 2.05) is 24.3 Å². The Kier molecular flexibility index (Phi) is 9.82. The zero-order valence-electron chi connectivity index (χ0n) is 17.5. The number of oxime groups is 1. The number of hydrogen-bond donors (Lipinski definition) is 1. The lowest BCUT2D eigenvalue weighted by Crippen LogP contribution is -2.30. The van der Waals surface area contributed by atoms with E-state index in [0.29, 0.717) is 16.5 Å². The van der Waals surface area contributed by atoms with Crippen LogP contribution in [0.5, 0.6) is 0 Å². The highest BCUT2D eigenvalue weighted by Gasteiger charge is 2.21. The molecule has 2 atom stereocenters. The van der Waals surface area contributed by atoms with Gasteiger partial charge in [-0.1, -0.05) is 52.6 Å². The van der Waals surface area contributed by atoms with E-state index in [4.69, 9.17) is 38.5 Å². The Morgan fingerprint density at radius 2 is 1.55 bits per heavy atom. The first kappa shape index (κ1) is 24.7. The summed E-state index contributed by atoms with van der Waals surface area (Å²) in [5.74, 6) is -0.809. The van der Waals surface area contributed by atoms with Crippen LogP contribution in [-0.4, -0.2) is 30.3 Å². The number of esters is 1. The van der Waals surface area contributed by atoms with Crippen molar-refractivity contribution in [2.24, 2.45) is 16.8 Å². The molecule has 0 saturated heterocycles. The van der Waals surface area contributed by atoms with Crippen molar-refractivity contribution in [3.05, 3.63) is 69.7 Å². The molecule has 31 heavy (non-hydrogen) atoms. The molecule has 2 aromatic rings. The van der Waals surface area contributed by atoms with Crippen LogP contribution in [0.1, 0.15) is 31.4 Å². The molecule has 166 valence electrons. The summed E-state index contributed by atoms with van der Waals surface area (Å²) in [5, 5.41) is 5.14. The third kappa shape index (κ3) is 8.59. The lowest BCUT2D eigenvalue weighted by molar-refractivity contribution is -0.155. The minimum atomic E-state index is -0.903. The van der Waals surface area contributed by atoms with Gasteiger partial charge in [0.15, 0.2) is 0 Å². The maximum atomic E-state index is 12.7. The molecule has 2 aromatic carbocycles.